The highest BCUT2D eigenvalue weighted by Crippen LogP contribution is 2.28. The summed E-state index contributed by atoms with van der Waals surface area (Å²) in [7, 11) is 1.95. The van der Waals surface area contributed by atoms with Crippen molar-refractivity contribution >= 4 is 33.2 Å². The predicted molar refractivity (Wildman–Crippen MR) is 111 cm³/mol. The van der Waals surface area contributed by atoms with Crippen molar-refractivity contribution in [2.75, 3.05) is 7.05 Å². The molecule has 0 saturated heterocycles. The van der Waals surface area contributed by atoms with E-state index in [9.17, 15) is 4.79 Å². The number of aromatic nitrogens is 4. The maximum Gasteiger partial charge on any atom is 0.265 e. The zero-order valence-electron chi connectivity index (χ0n) is 15.9. The molecular formula is C21H23N5OS. The van der Waals surface area contributed by atoms with Crippen molar-refractivity contribution in [3.05, 3.63) is 53.3 Å². The van der Waals surface area contributed by atoms with Gasteiger partial charge in [0.05, 0.1) is 17.6 Å². The van der Waals surface area contributed by atoms with Crippen LogP contribution >= 0.6 is 11.3 Å². The Morgan fingerprint density at radius 2 is 2.14 bits per heavy atom. The normalized spacial score (nSPS) is 15.5. The number of thiazole rings is 1. The van der Waals surface area contributed by atoms with Gasteiger partial charge >= 0.3 is 0 Å². The first-order chi connectivity index (χ1) is 13.7. The molecule has 0 atom stereocenters. The molecule has 1 aliphatic carbocycles. The monoisotopic (exact) mass is 393 g/mol. The van der Waals surface area contributed by atoms with E-state index < -0.39 is 0 Å². The zero-order chi connectivity index (χ0) is 19.1. The van der Waals surface area contributed by atoms with E-state index in [4.69, 9.17) is 4.98 Å². The van der Waals surface area contributed by atoms with Gasteiger partial charge in [-0.05, 0) is 36.6 Å². The number of benzene rings is 1. The van der Waals surface area contributed by atoms with Crippen LogP contribution in [0.2, 0.25) is 0 Å². The topological polar surface area (TPSA) is 55.4 Å². The minimum atomic E-state index is 0.114. The number of fused-ring (bicyclic) bond motifs is 3. The van der Waals surface area contributed by atoms with E-state index in [1.807, 2.05) is 41.2 Å². The Morgan fingerprint density at radius 3 is 2.93 bits per heavy atom. The van der Waals surface area contributed by atoms with Gasteiger partial charge in [0.15, 0.2) is 4.96 Å². The van der Waals surface area contributed by atoms with Crippen molar-refractivity contribution in [3.8, 4) is 0 Å². The molecule has 144 valence electrons. The lowest BCUT2D eigenvalue weighted by atomic mass is 9.94. The van der Waals surface area contributed by atoms with E-state index in [0.717, 1.165) is 45.8 Å². The molecule has 4 aromatic rings. The van der Waals surface area contributed by atoms with Gasteiger partial charge in [-0.3, -0.25) is 13.9 Å². The molecule has 1 saturated carbocycles. The minimum Gasteiger partial charge on any atom is -0.338 e. The first-order valence-corrected chi connectivity index (χ1v) is 10.7. The van der Waals surface area contributed by atoms with E-state index in [1.165, 1.54) is 30.6 Å². The van der Waals surface area contributed by atoms with Crippen LogP contribution in [0, 0.1) is 0 Å². The molecule has 3 heterocycles. The second-order valence-corrected chi connectivity index (χ2v) is 8.60. The molecule has 0 N–H and O–H groups in total. The summed E-state index contributed by atoms with van der Waals surface area (Å²) in [6, 6.07) is 8.57. The first kappa shape index (κ1) is 17.4. The van der Waals surface area contributed by atoms with Gasteiger partial charge in [0.25, 0.3) is 5.91 Å². The third kappa shape index (κ3) is 3.09. The maximum absolute atomic E-state index is 13.0. The van der Waals surface area contributed by atoms with Crippen LogP contribution in [0.5, 0.6) is 0 Å². The van der Waals surface area contributed by atoms with Gasteiger partial charge in [-0.2, -0.15) is 5.10 Å². The van der Waals surface area contributed by atoms with Crippen molar-refractivity contribution in [3.63, 3.8) is 0 Å². The highest BCUT2D eigenvalue weighted by Gasteiger charge is 2.25. The molecule has 0 unspecified atom stereocenters. The molecule has 7 heteroatoms. The molecule has 1 amide bonds. The van der Waals surface area contributed by atoms with E-state index in [0.29, 0.717) is 6.04 Å². The Labute approximate surface area is 167 Å². The number of amides is 1. The Balaban J connectivity index is 1.45. The number of imidazole rings is 1. The van der Waals surface area contributed by atoms with Gasteiger partial charge in [-0.1, -0.05) is 36.7 Å². The lowest BCUT2D eigenvalue weighted by Crippen LogP contribution is -2.37. The van der Waals surface area contributed by atoms with E-state index in [-0.39, 0.29) is 5.91 Å². The van der Waals surface area contributed by atoms with Gasteiger partial charge in [0.1, 0.15) is 4.88 Å². The summed E-state index contributed by atoms with van der Waals surface area (Å²) in [4.78, 5) is 21.3. The average Bonchev–Trinajstić information content (AvgIpc) is 3.44. The lowest BCUT2D eigenvalue weighted by molar-refractivity contribution is 0.0701. The average molecular weight is 394 g/mol. The summed E-state index contributed by atoms with van der Waals surface area (Å²) in [6.07, 6.45) is 11.7. The number of rotatable bonds is 4. The molecule has 0 radical (unpaired) electrons. The number of hydrogen-bond acceptors (Lipinski definition) is 4. The summed E-state index contributed by atoms with van der Waals surface area (Å²) < 4.78 is 3.95. The lowest BCUT2D eigenvalue weighted by Gasteiger charge is -2.30. The van der Waals surface area contributed by atoms with Gasteiger partial charge in [-0.25, -0.2) is 4.98 Å². The number of nitrogens with zero attached hydrogens (tertiary/aromatic N) is 5. The molecule has 0 aliphatic heterocycles. The SMILES string of the molecule is CN(C(=O)c1cn2c(nc3ccc(Cn4cccn4)cc32)s1)C1CCCCC1. The molecule has 28 heavy (non-hydrogen) atoms. The van der Waals surface area contributed by atoms with Crippen molar-refractivity contribution in [2.24, 2.45) is 0 Å². The number of hydrogen-bond donors (Lipinski definition) is 0. The van der Waals surface area contributed by atoms with Gasteiger partial charge in [0, 0.05) is 31.7 Å². The smallest absolute Gasteiger partial charge is 0.265 e. The number of carbonyl (C=O) groups excluding carboxylic acids is 1. The van der Waals surface area contributed by atoms with Gasteiger partial charge < -0.3 is 4.90 Å². The quantitative estimate of drug-likeness (QED) is 0.522. The van der Waals surface area contributed by atoms with Crippen LogP contribution in [-0.2, 0) is 6.54 Å². The van der Waals surface area contributed by atoms with Gasteiger partial charge in [0.2, 0.25) is 0 Å². The fraction of sp³-hybridized carbons (Fsp3) is 0.381. The Morgan fingerprint density at radius 1 is 1.29 bits per heavy atom. The Kier molecular flexibility index (Phi) is 4.39. The van der Waals surface area contributed by atoms with E-state index in [2.05, 4.69) is 21.6 Å². The summed E-state index contributed by atoms with van der Waals surface area (Å²) in [5.41, 5.74) is 3.15. The van der Waals surface area contributed by atoms with E-state index >= 15 is 0 Å². The molecule has 6 nitrogen and oxygen atoms in total. The van der Waals surface area contributed by atoms with Crippen LogP contribution in [0.3, 0.4) is 0 Å². The maximum atomic E-state index is 13.0. The summed E-state index contributed by atoms with van der Waals surface area (Å²) in [5.74, 6) is 0.114. The van der Waals surface area contributed by atoms with Crippen LogP contribution in [0.15, 0.2) is 42.9 Å². The van der Waals surface area contributed by atoms with E-state index in [1.54, 1.807) is 6.20 Å². The van der Waals surface area contributed by atoms with Crippen LogP contribution in [0.1, 0.15) is 47.3 Å². The highest BCUT2D eigenvalue weighted by atomic mass is 32.1. The molecule has 3 aromatic heterocycles. The van der Waals surface area contributed by atoms with Crippen molar-refractivity contribution < 1.29 is 4.79 Å². The largest absolute Gasteiger partial charge is 0.338 e. The molecule has 0 spiro atoms. The highest BCUT2D eigenvalue weighted by molar-refractivity contribution is 7.18. The second kappa shape index (κ2) is 7.05. The fourth-order valence-electron chi connectivity index (χ4n) is 4.14. The zero-order valence-corrected chi connectivity index (χ0v) is 16.7. The standard InChI is InChI=1S/C21H23N5OS/c1-24(16-6-3-2-4-7-16)20(27)19-14-26-18-12-15(13-25-11-5-10-22-25)8-9-17(18)23-21(26)28-19/h5,8-12,14,16H,2-4,6-7,13H2,1H3. The van der Waals surface area contributed by atoms with Crippen LogP contribution in [-0.4, -0.2) is 43.1 Å². The van der Waals surface area contributed by atoms with Gasteiger partial charge in [-0.15, -0.1) is 0 Å². The molecule has 1 aromatic carbocycles. The van der Waals surface area contributed by atoms with Crippen LogP contribution < -0.4 is 0 Å². The number of carbonyl (C=O) groups is 1. The molecular weight excluding hydrogens is 370 g/mol. The predicted octanol–water partition coefficient (Wildman–Crippen LogP) is 4.20. The molecule has 0 bridgehead atoms. The van der Waals surface area contributed by atoms with Crippen molar-refractivity contribution in [1.29, 1.82) is 0 Å². The Hall–Kier alpha value is -2.67. The van der Waals surface area contributed by atoms with Crippen LogP contribution in [0.4, 0.5) is 0 Å². The summed E-state index contributed by atoms with van der Waals surface area (Å²) in [5, 5.41) is 4.28. The van der Waals surface area contributed by atoms with Crippen molar-refractivity contribution in [2.45, 2.75) is 44.7 Å². The Bertz CT molecular complexity index is 1120. The minimum absolute atomic E-state index is 0.114. The third-order valence-corrected chi connectivity index (χ3v) is 6.70. The molecule has 1 aliphatic rings. The molecule has 1 fully saturated rings. The second-order valence-electron chi connectivity index (χ2n) is 7.59. The molecule has 5 rings (SSSR count). The first-order valence-electron chi connectivity index (χ1n) is 9.84. The summed E-state index contributed by atoms with van der Waals surface area (Å²) in [6.45, 7) is 0.719. The van der Waals surface area contributed by atoms with Crippen LogP contribution in [0.25, 0.3) is 16.0 Å². The third-order valence-electron chi connectivity index (χ3n) is 5.73. The fourth-order valence-corrected chi connectivity index (χ4v) is 5.12. The van der Waals surface area contributed by atoms with Crippen molar-refractivity contribution in [1.82, 2.24) is 24.1 Å². The summed E-state index contributed by atoms with van der Waals surface area (Å²) >= 11 is 1.48.